The zero-order chi connectivity index (χ0) is 69.6. The van der Waals surface area contributed by atoms with Crippen molar-refractivity contribution in [2.45, 2.75) is 129 Å². The van der Waals surface area contributed by atoms with Crippen LogP contribution in [-0.2, 0) is 55.8 Å². The van der Waals surface area contributed by atoms with Gasteiger partial charge < -0.3 is 63.5 Å². The van der Waals surface area contributed by atoms with Crippen molar-refractivity contribution in [2.24, 2.45) is 43.5 Å². The normalized spacial score (nSPS) is 18.5. The highest BCUT2D eigenvalue weighted by atomic mass is 16.6. The van der Waals surface area contributed by atoms with Crippen LogP contribution in [0.2, 0.25) is 0 Å². The van der Waals surface area contributed by atoms with E-state index in [-0.39, 0.29) is 66.4 Å². The molecule has 2 aromatic carbocycles. The van der Waals surface area contributed by atoms with E-state index >= 15 is 0 Å². The molecule has 2 aliphatic carbocycles. The molecule has 23 heteroatoms. The number of hydrogen-bond donors (Lipinski definition) is 3. The van der Waals surface area contributed by atoms with Gasteiger partial charge in [-0.1, -0.05) is 12.2 Å². The molecule has 2 aliphatic heterocycles. The summed E-state index contributed by atoms with van der Waals surface area (Å²) in [5.74, 6) is 0.694. The minimum absolute atomic E-state index is 0.0674. The second-order valence-electron chi connectivity index (χ2n) is 29.0. The summed E-state index contributed by atoms with van der Waals surface area (Å²) in [6.45, 7) is 16.0. The van der Waals surface area contributed by atoms with Crippen molar-refractivity contribution in [3.8, 4) is 23.0 Å². The topological polar surface area (TPSA) is 263 Å². The minimum Gasteiger partial charge on any atom is -0.478 e. The van der Waals surface area contributed by atoms with Crippen LogP contribution in [0.3, 0.4) is 0 Å². The SMILES string of the molecule is CN(C)C/C=C/C(=O)N[C@@H]1CCN(C(=O)c2ccc3c(c2)nc(-c2cc4cccnc4n2CC2CC2)n3C)C[C@@H]1CC(=O)OC(C)(C)C.CN(C)C/C=C/C(=O)O.Cn1c(-c2cc3cccnc3n2CC2CC2)nc2cc(C(=O)N3CC[C@@H](N)[C@@H](CC(=O)OC(C)(C)C)C3)ccc21. The lowest BCUT2D eigenvalue weighted by molar-refractivity contribution is -0.157. The van der Waals surface area contributed by atoms with Crippen molar-refractivity contribution in [1.29, 1.82) is 0 Å². The summed E-state index contributed by atoms with van der Waals surface area (Å²) in [4.78, 5) is 102. The number of likely N-dealkylation sites (tertiary alicyclic amines) is 2. The average molecular weight is 1330 g/mol. The van der Waals surface area contributed by atoms with Crippen LogP contribution >= 0.6 is 0 Å². The number of esters is 2. The molecule has 3 amide bonds. The van der Waals surface area contributed by atoms with Crippen LogP contribution in [0.1, 0.15) is 114 Å². The van der Waals surface area contributed by atoms with Gasteiger partial charge in [-0.15, -0.1) is 0 Å². The van der Waals surface area contributed by atoms with Gasteiger partial charge in [0.1, 0.15) is 22.5 Å². The molecule has 4 fully saturated rings. The third kappa shape index (κ3) is 18.3. The summed E-state index contributed by atoms with van der Waals surface area (Å²) >= 11 is 0. The second-order valence-corrected chi connectivity index (χ2v) is 29.0. The lowest BCUT2D eigenvalue weighted by atomic mass is 9.88. The van der Waals surface area contributed by atoms with Crippen molar-refractivity contribution in [3.63, 3.8) is 0 Å². The lowest BCUT2D eigenvalue weighted by Gasteiger charge is -2.39. The number of aromatic nitrogens is 8. The summed E-state index contributed by atoms with van der Waals surface area (Å²) in [5.41, 5.74) is 13.7. The molecule has 0 radical (unpaired) electrons. The Morgan fingerprint density at radius 3 is 1.49 bits per heavy atom. The number of carbonyl (C=O) groups excluding carboxylic acids is 5. The number of benzene rings is 2. The predicted octanol–water partition coefficient (Wildman–Crippen LogP) is 9.51. The van der Waals surface area contributed by atoms with Crippen LogP contribution in [0.25, 0.3) is 67.2 Å². The van der Waals surface area contributed by atoms with E-state index in [2.05, 4.69) is 57.8 Å². The summed E-state index contributed by atoms with van der Waals surface area (Å²) < 4.78 is 19.9. The number of rotatable bonds is 19. The average Bonchev–Trinajstić information content (AvgIpc) is 1.62. The van der Waals surface area contributed by atoms with Gasteiger partial charge in [-0.25, -0.2) is 24.7 Å². The van der Waals surface area contributed by atoms with E-state index in [1.54, 1.807) is 17.1 Å². The Morgan fingerprint density at radius 2 is 1.05 bits per heavy atom. The Bertz CT molecular complexity index is 4250. The number of aryl methyl sites for hydroxylation is 2. The first-order valence-corrected chi connectivity index (χ1v) is 33.8. The quantitative estimate of drug-likeness (QED) is 0.0502. The fourth-order valence-electron chi connectivity index (χ4n) is 12.7. The molecule has 0 unspecified atom stereocenters. The predicted molar refractivity (Wildman–Crippen MR) is 376 cm³/mol. The Labute approximate surface area is 567 Å². The van der Waals surface area contributed by atoms with Crippen LogP contribution < -0.4 is 11.1 Å². The number of nitrogens with one attached hydrogen (secondary N) is 1. The fraction of sp³-hybridized carbons (Fsp3) is 0.486. The number of carboxylic acid groups (broad SMARTS) is 1. The van der Waals surface area contributed by atoms with Crippen molar-refractivity contribution < 1.29 is 43.3 Å². The van der Waals surface area contributed by atoms with Gasteiger partial charge in [-0.3, -0.25) is 24.0 Å². The van der Waals surface area contributed by atoms with Crippen molar-refractivity contribution in [3.05, 3.63) is 121 Å². The molecular weight excluding hydrogens is 1230 g/mol. The molecule has 8 heterocycles. The summed E-state index contributed by atoms with van der Waals surface area (Å²) in [6, 6.07) is 23.4. The monoisotopic (exact) mass is 1320 g/mol. The number of hydrogen-bond acceptors (Lipinski definition) is 15. The number of likely N-dealkylation sites (N-methyl/N-ethyl adjacent to an activating group) is 2. The number of carboxylic acids is 1. The Kier molecular flexibility index (Phi) is 22.0. The minimum atomic E-state index is -0.892. The first-order chi connectivity index (χ1) is 46.1. The highest BCUT2D eigenvalue weighted by Crippen LogP contribution is 2.38. The number of carbonyl (C=O) groups is 6. The van der Waals surface area contributed by atoms with E-state index in [1.807, 2.05) is 159 Å². The molecular formula is C74H96N14O9. The van der Waals surface area contributed by atoms with E-state index in [0.717, 1.165) is 86.3 Å². The van der Waals surface area contributed by atoms with Gasteiger partial charge in [0.2, 0.25) is 5.91 Å². The number of fused-ring (bicyclic) bond motifs is 4. The Morgan fingerprint density at radius 1 is 0.608 bits per heavy atom. The van der Waals surface area contributed by atoms with Crippen molar-refractivity contribution >= 4 is 79.8 Å². The number of nitrogens with two attached hydrogens (primary N) is 1. The molecule has 6 aromatic heterocycles. The lowest BCUT2D eigenvalue weighted by Crippen LogP contribution is -2.53. The summed E-state index contributed by atoms with van der Waals surface area (Å²) in [6.07, 6.45) is 16.2. The summed E-state index contributed by atoms with van der Waals surface area (Å²) in [5, 5.41) is 13.4. The van der Waals surface area contributed by atoms with Gasteiger partial charge in [0.25, 0.3) is 11.8 Å². The molecule has 97 heavy (non-hydrogen) atoms. The van der Waals surface area contributed by atoms with E-state index in [4.69, 9.17) is 30.3 Å². The summed E-state index contributed by atoms with van der Waals surface area (Å²) in [7, 11) is 11.7. The molecule has 12 rings (SSSR count). The number of ether oxygens (including phenoxy) is 2. The van der Waals surface area contributed by atoms with Crippen LogP contribution in [0.5, 0.6) is 0 Å². The molecule has 516 valence electrons. The second kappa shape index (κ2) is 30.1. The highest BCUT2D eigenvalue weighted by Gasteiger charge is 2.37. The van der Waals surface area contributed by atoms with Gasteiger partial charge in [0.15, 0.2) is 11.6 Å². The van der Waals surface area contributed by atoms with E-state index in [9.17, 15) is 28.8 Å². The highest BCUT2D eigenvalue weighted by molar-refractivity contribution is 5.99. The van der Waals surface area contributed by atoms with Crippen LogP contribution in [0.15, 0.2) is 109 Å². The van der Waals surface area contributed by atoms with Crippen molar-refractivity contribution in [2.75, 3.05) is 67.5 Å². The number of pyridine rings is 2. The Balaban J connectivity index is 0.000000189. The number of aliphatic carboxylic acids is 1. The maximum atomic E-state index is 14.0. The maximum absolute atomic E-state index is 14.0. The molecule has 23 nitrogen and oxygen atoms in total. The third-order valence-electron chi connectivity index (χ3n) is 17.9. The first-order valence-electron chi connectivity index (χ1n) is 33.8. The molecule has 2 saturated heterocycles. The molecule has 8 aromatic rings. The largest absolute Gasteiger partial charge is 0.478 e. The number of nitrogens with zero attached hydrogens (tertiary/aromatic N) is 12. The maximum Gasteiger partial charge on any atom is 0.328 e. The molecule has 0 spiro atoms. The van der Waals surface area contributed by atoms with Gasteiger partial charge >= 0.3 is 17.9 Å². The van der Waals surface area contributed by atoms with Gasteiger partial charge in [0.05, 0.1) is 46.3 Å². The number of piperidine rings is 2. The number of amides is 3. The zero-order valence-corrected chi connectivity index (χ0v) is 58.3. The van der Waals surface area contributed by atoms with Crippen LogP contribution in [0.4, 0.5) is 0 Å². The zero-order valence-electron chi connectivity index (χ0n) is 58.3. The van der Waals surface area contributed by atoms with E-state index in [1.165, 1.54) is 31.8 Å². The fourth-order valence-corrected chi connectivity index (χ4v) is 12.7. The van der Waals surface area contributed by atoms with Gasteiger partial charge in [-0.05, 0) is 193 Å². The first kappa shape index (κ1) is 70.7. The number of imidazole rings is 2. The van der Waals surface area contributed by atoms with E-state index in [0.29, 0.717) is 75.1 Å². The Hall–Kier alpha value is -9.06. The van der Waals surface area contributed by atoms with Crippen LogP contribution in [0, 0.1) is 23.7 Å². The molecule has 4 atom stereocenters. The van der Waals surface area contributed by atoms with E-state index < -0.39 is 17.2 Å². The standard InChI is InChI=1S/C37H47N7O4.C31H38N6O3.C6H11NO2/c1-37(2,3)48-33(46)21-27-23-43(18-15-28(27)39-32(45)10-8-17-41(4)5)36(47)26-13-14-30-29(19-26)40-35(42(30)6)31-20-25-9-7-16-38-34(25)44(31)22-24-11-12-24;1-31(2,3)40-27(38)16-22-18-36(13-11-23(22)32)30(39)21-9-10-25-24(14-21)34-29(35(25)4)26-15-20-6-5-12-33-28(20)37(26)17-19-7-8-19;1-7(2)5-3-4-6(8)9/h7-10,13-14,16,19-20,24,27-28H,11-12,15,17-18,21-23H2,1-6H3,(H,39,45);5-6,9-10,12,14-15,19,22-23H,7-8,11,13,16-18,32H2,1-4H3;3-4H,5H2,1-2H3,(H,8,9)/b10-8+;;4-3+/t27-,28+;22-,23+;/m00./s1. The molecule has 0 bridgehead atoms. The molecule has 4 aliphatic rings. The molecule has 4 N–H and O–H groups in total. The van der Waals surface area contributed by atoms with Gasteiger partial charge in [0, 0.05) is 137 Å². The van der Waals surface area contributed by atoms with Crippen LogP contribution in [-0.4, -0.2) is 189 Å². The van der Waals surface area contributed by atoms with Gasteiger partial charge in [-0.2, -0.15) is 0 Å². The smallest absolute Gasteiger partial charge is 0.328 e. The van der Waals surface area contributed by atoms with Crippen molar-refractivity contribution in [1.82, 2.24) is 63.1 Å². The third-order valence-corrected chi connectivity index (χ3v) is 17.9. The molecule has 2 saturated carbocycles.